The maximum Gasteiger partial charge on any atom is 0.306 e. The van der Waals surface area contributed by atoms with E-state index in [0.717, 1.165) is 70.6 Å². The molecule has 1 atom stereocenters. The van der Waals surface area contributed by atoms with Gasteiger partial charge in [-0.15, -0.1) is 0 Å². The van der Waals surface area contributed by atoms with E-state index in [1.165, 1.54) is 103 Å². The summed E-state index contributed by atoms with van der Waals surface area (Å²) in [4.78, 5) is 22.8. The molecule has 4 nitrogen and oxygen atoms in total. The van der Waals surface area contributed by atoms with Gasteiger partial charge < -0.3 is 9.84 Å². The van der Waals surface area contributed by atoms with Crippen molar-refractivity contribution in [3.05, 3.63) is 48.6 Å². The molecule has 0 aliphatic carbocycles. The average Bonchev–Trinajstić information content (AvgIpc) is 3.04. The summed E-state index contributed by atoms with van der Waals surface area (Å²) in [5.74, 6) is -0.678. The normalized spacial score (nSPS) is 12.7. The third-order valence-electron chi connectivity index (χ3n) is 8.64. The molecule has 4 heteroatoms. The first-order valence-corrected chi connectivity index (χ1v) is 19.6. The van der Waals surface area contributed by atoms with Crippen LogP contribution in [0.3, 0.4) is 0 Å². The number of esters is 1. The van der Waals surface area contributed by atoms with Gasteiger partial charge in [0.05, 0.1) is 0 Å². The van der Waals surface area contributed by atoms with E-state index < -0.39 is 5.97 Å². The third-order valence-corrected chi connectivity index (χ3v) is 8.64. The van der Waals surface area contributed by atoms with Gasteiger partial charge in [0.1, 0.15) is 6.10 Å². The molecule has 1 unspecified atom stereocenters. The summed E-state index contributed by atoms with van der Waals surface area (Å²) in [6.07, 6.45) is 50.8. The fourth-order valence-corrected chi connectivity index (χ4v) is 5.70. The van der Waals surface area contributed by atoms with Gasteiger partial charge >= 0.3 is 11.9 Å². The zero-order valence-electron chi connectivity index (χ0n) is 30.4. The predicted molar refractivity (Wildman–Crippen MR) is 199 cm³/mol. The minimum Gasteiger partial charge on any atom is -0.481 e. The van der Waals surface area contributed by atoms with E-state index in [0.29, 0.717) is 12.8 Å². The van der Waals surface area contributed by atoms with Crippen molar-refractivity contribution < 1.29 is 19.4 Å². The van der Waals surface area contributed by atoms with Crippen LogP contribution in [-0.4, -0.2) is 23.1 Å². The molecule has 0 amide bonds. The Morgan fingerprint density at radius 3 is 1.33 bits per heavy atom. The van der Waals surface area contributed by atoms with Crippen molar-refractivity contribution in [1.29, 1.82) is 0 Å². The summed E-state index contributed by atoms with van der Waals surface area (Å²) in [6, 6.07) is 0. The number of carboxylic acid groups (broad SMARTS) is 1. The second kappa shape index (κ2) is 37.4. The number of ether oxygens (including phenoxy) is 1. The van der Waals surface area contributed by atoms with Crippen LogP contribution in [0.15, 0.2) is 48.6 Å². The van der Waals surface area contributed by atoms with Gasteiger partial charge in [-0.3, -0.25) is 9.59 Å². The highest BCUT2D eigenvalue weighted by Gasteiger charge is 2.12. The molecule has 0 fully saturated rings. The van der Waals surface area contributed by atoms with Crippen LogP contribution in [0.4, 0.5) is 0 Å². The molecule has 1 N–H and O–H groups in total. The number of rotatable bonds is 35. The summed E-state index contributed by atoms with van der Waals surface area (Å²) in [6.45, 7) is 4.29. The van der Waals surface area contributed by atoms with E-state index in [1.807, 2.05) is 0 Å². The first-order chi connectivity index (χ1) is 22.6. The van der Waals surface area contributed by atoms with Crippen molar-refractivity contribution in [2.24, 2.45) is 0 Å². The van der Waals surface area contributed by atoms with Crippen LogP contribution < -0.4 is 0 Å². The molecule has 0 aromatic carbocycles. The zero-order valence-corrected chi connectivity index (χ0v) is 30.4. The Morgan fingerprint density at radius 1 is 0.500 bits per heavy atom. The molecular weight excluding hydrogens is 568 g/mol. The zero-order chi connectivity index (χ0) is 33.6. The van der Waals surface area contributed by atoms with Gasteiger partial charge in [-0.05, 0) is 70.6 Å². The number of carbonyl (C=O) groups is 2. The Hall–Kier alpha value is -2.10. The molecule has 0 saturated heterocycles. The van der Waals surface area contributed by atoms with Crippen LogP contribution in [0, 0.1) is 0 Å². The lowest BCUT2D eigenvalue weighted by atomic mass is 10.0. The first kappa shape index (κ1) is 43.9. The van der Waals surface area contributed by atoms with Crippen molar-refractivity contribution in [3.8, 4) is 0 Å². The lowest BCUT2D eigenvalue weighted by molar-refractivity contribution is -0.149. The number of carboxylic acids is 1. The van der Waals surface area contributed by atoms with Crippen molar-refractivity contribution in [1.82, 2.24) is 0 Å². The Balaban J connectivity index is 3.48. The SMILES string of the molecule is CC/C=C\C/C=C\C/C=C\C/C=C\CCCCC(=O)OC(CC)CCCCCCCCCCCCCCCCCCCCC(=O)O. The summed E-state index contributed by atoms with van der Waals surface area (Å²) in [5, 5.41) is 8.65. The number of aliphatic carboxylic acids is 1. The van der Waals surface area contributed by atoms with Gasteiger partial charge in [0.15, 0.2) is 0 Å². The molecular formula is C42H74O4. The van der Waals surface area contributed by atoms with Crippen LogP contribution in [-0.2, 0) is 14.3 Å². The Morgan fingerprint density at radius 2 is 0.891 bits per heavy atom. The number of carbonyl (C=O) groups excluding carboxylic acids is 1. The van der Waals surface area contributed by atoms with E-state index in [2.05, 4.69) is 62.5 Å². The highest BCUT2D eigenvalue weighted by atomic mass is 16.5. The quantitative estimate of drug-likeness (QED) is 0.0424. The van der Waals surface area contributed by atoms with Crippen molar-refractivity contribution in [3.63, 3.8) is 0 Å². The van der Waals surface area contributed by atoms with Gasteiger partial charge in [-0.25, -0.2) is 0 Å². The lowest BCUT2D eigenvalue weighted by Gasteiger charge is -2.16. The van der Waals surface area contributed by atoms with Crippen LogP contribution in [0.5, 0.6) is 0 Å². The monoisotopic (exact) mass is 643 g/mol. The molecule has 0 bridgehead atoms. The Bertz CT molecular complexity index is 779. The number of hydrogen-bond acceptors (Lipinski definition) is 3. The van der Waals surface area contributed by atoms with E-state index in [9.17, 15) is 9.59 Å². The van der Waals surface area contributed by atoms with Gasteiger partial charge in [0, 0.05) is 12.8 Å². The number of allylic oxidation sites excluding steroid dienone is 8. The fourth-order valence-electron chi connectivity index (χ4n) is 5.70. The second-order valence-corrected chi connectivity index (χ2v) is 13.1. The Kier molecular flexibility index (Phi) is 35.7. The minimum atomic E-state index is -0.663. The smallest absolute Gasteiger partial charge is 0.306 e. The van der Waals surface area contributed by atoms with Crippen LogP contribution in [0.2, 0.25) is 0 Å². The maximum absolute atomic E-state index is 12.3. The summed E-state index contributed by atoms with van der Waals surface area (Å²) < 4.78 is 5.77. The highest BCUT2D eigenvalue weighted by molar-refractivity contribution is 5.69. The molecule has 0 aliphatic heterocycles. The van der Waals surface area contributed by atoms with Crippen molar-refractivity contribution in [2.45, 2.75) is 206 Å². The topological polar surface area (TPSA) is 63.6 Å². The van der Waals surface area contributed by atoms with E-state index >= 15 is 0 Å². The third kappa shape index (κ3) is 36.4. The molecule has 0 saturated carbocycles. The molecule has 0 aromatic heterocycles. The lowest BCUT2D eigenvalue weighted by Crippen LogP contribution is -2.17. The minimum absolute atomic E-state index is 0.0151. The van der Waals surface area contributed by atoms with Gasteiger partial charge in [-0.2, -0.15) is 0 Å². The second-order valence-electron chi connectivity index (χ2n) is 13.1. The highest BCUT2D eigenvalue weighted by Crippen LogP contribution is 2.17. The molecule has 0 radical (unpaired) electrons. The molecule has 0 spiro atoms. The van der Waals surface area contributed by atoms with Crippen molar-refractivity contribution >= 4 is 11.9 Å². The van der Waals surface area contributed by atoms with Crippen LogP contribution in [0.25, 0.3) is 0 Å². The van der Waals surface area contributed by atoms with E-state index in [4.69, 9.17) is 9.84 Å². The molecule has 46 heavy (non-hydrogen) atoms. The van der Waals surface area contributed by atoms with Crippen molar-refractivity contribution in [2.75, 3.05) is 0 Å². The standard InChI is InChI=1S/C42H74O4/c1-3-5-6-7-8-9-10-11-16-21-24-27-30-33-36-39-42(45)46-40(4-2)37-34-31-28-25-22-19-17-14-12-13-15-18-20-23-26-29-32-35-38-41(43)44/h5-6,8-9,11,16,24,27,40H,3-4,7,10,12-15,17-23,25-26,28-39H2,1-2H3,(H,43,44)/b6-5-,9-8-,16-11-,27-24-. The van der Waals surface area contributed by atoms with E-state index in [1.54, 1.807) is 0 Å². The van der Waals surface area contributed by atoms with Crippen LogP contribution in [0.1, 0.15) is 200 Å². The van der Waals surface area contributed by atoms with E-state index in [-0.39, 0.29) is 12.1 Å². The molecule has 0 aromatic rings. The fraction of sp³-hybridized carbons (Fsp3) is 0.762. The molecule has 0 rings (SSSR count). The van der Waals surface area contributed by atoms with Crippen LogP contribution >= 0.6 is 0 Å². The molecule has 266 valence electrons. The van der Waals surface area contributed by atoms with Gasteiger partial charge in [-0.1, -0.05) is 165 Å². The number of unbranched alkanes of at least 4 members (excludes halogenated alkanes) is 19. The summed E-state index contributed by atoms with van der Waals surface area (Å²) in [5.41, 5.74) is 0. The largest absolute Gasteiger partial charge is 0.481 e. The molecule has 0 aliphatic rings. The molecule has 0 heterocycles. The summed E-state index contributed by atoms with van der Waals surface area (Å²) in [7, 11) is 0. The van der Waals surface area contributed by atoms with Gasteiger partial charge in [0.2, 0.25) is 0 Å². The van der Waals surface area contributed by atoms with Gasteiger partial charge in [0.25, 0.3) is 0 Å². The first-order valence-electron chi connectivity index (χ1n) is 19.6. The summed E-state index contributed by atoms with van der Waals surface area (Å²) >= 11 is 0. The number of hydrogen-bond donors (Lipinski definition) is 1. The maximum atomic E-state index is 12.3. The predicted octanol–water partition coefficient (Wildman–Crippen LogP) is 13.6. The Labute approximate surface area is 285 Å². The average molecular weight is 643 g/mol.